The van der Waals surface area contributed by atoms with Crippen LogP contribution in [0.4, 0.5) is 16.3 Å². The predicted molar refractivity (Wildman–Crippen MR) is 92.1 cm³/mol. The fourth-order valence-corrected chi connectivity index (χ4v) is 2.76. The number of carbonyl (C=O) groups excluding carboxylic acids is 1. The van der Waals surface area contributed by atoms with Gasteiger partial charge in [0.05, 0.1) is 17.6 Å². The second-order valence-electron chi connectivity index (χ2n) is 5.90. The third kappa shape index (κ3) is 4.21. The molecule has 1 saturated heterocycles. The van der Waals surface area contributed by atoms with Crippen LogP contribution in [0.15, 0.2) is 24.5 Å². The van der Waals surface area contributed by atoms with Crippen molar-refractivity contribution in [2.75, 3.05) is 29.9 Å². The molecular formula is C16H23N7O. The summed E-state index contributed by atoms with van der Waals surface area (Å²) >= 11 is 0. The molecule has 0 radical (unpaired) electrons. The summed E-state index contributed by atoms with van der Waals surface area (Å²) in [6.07, 6.45) is 6.68. The zero-order valence-corrected chi connectivity index (χ0v) is 13.9. The molecule has 0 unspecified atom stereocenters. The molecule has 1 fully saturated rings. The minimum atomic E-state index is -0.215. The largest absolute Gasteiger partial charge is 0.357 e. The average Bonchev–Trinajstić information content (AvgIpc) is 3.27. The predicted octanol–water partition coefficient (Wildman–Crippen LogP) is 1.79. The lowest BCUT2D eigenvalue weighted by Gasteiger charge is -2.18. The summed E-state index contributed by atoms with van der Waals surface area (Å²) in [4.78, 5) is 18.9. The van der Waals surface area contributed by atoms with Crippen LogP contribution in [0.1, 0.15) is 25.0 Å². The summed E-state index contributed by atoms with van der Waals surface area (Å²) in [6, 6.07) is 3.68. The lowest BCUT2D eigenvalue weighted by Crippen LogP contribution is -2.30. The molecule has 8 nitrogen and oxygen atoms in total. The number of aromatic nitrogens is 4. The second-order valence-corrected chi connectivity index (χ2v) is 5.90. The van der Waals surface area contributed by atoms with Gasteiger partial charge in [0.25, 0.3) is 0 Å². The Balaban J connectivity index is 1.45. The van der Waals surface area contributed by atoms with Crippen LogP contribution in [0, 0.1) is 6.92 Å². The molecule has 0 bridgehead atoms. The molecule has 2 aromatic heterocycles. The zero-order valence-electron chi connectivity index (χ0n) is 13.9. The number of hydrogen-bond donors (Lipinski definition) is 2. The number of carbonyl (C=O) groups is 1. The van der Waals surface area contributed by atoms with Crippen LogP contribution >= 0.6 is 0 Å². The fourth-order valence-electron chi connectivity index (χ4n) is 2.76. The normalized spacial score (nSPS) is 14.0. The smallest absolute Gasteiger partial charge is 0.319 e. The first-order valence-electron chi connectivity index (χ1n) is 8.34. The van der Waals surface area contributed by atoms with E-state index in [9.17, 15) is 4.79 Å². The van der Waals surface area contributed by atoms with Crippen molar-refractivity contribution >= 4 is 17.5 Å². The Bertz CT molecular complexity index is 665. The van der Waals surface area contributed by atoms with Crippen molar-refractivity contribution < 1.29 is 4.79 Å². The van der Waals surface area contributed by atoms with Crippen molar-refractivity contribution in [1.29, 1.82) is 0 Å². The summed E-state index contributed by atoms with van der Waals surface area (Å²) in [5.74, 6) is 0.990. The molecule has 0 saturated carbocycles. The molecule has 1 aliphatic heterocycles. The van der Waals surface area contributed by atoms with Gasteiger partial charge in [-0.1, -0.05) is 5.21 Å². The summed E-state index contributed by atoms with van der Waals surface area (Å²) in [6.45, 7) is 5.34. The molecule has 8 heteroatoms. The molecule has 3 rings (SSSR count). The third-order valence-electron chi connectivity index (χ3n) is 4.07. The van der Waals surface area contributed by atoms with Gasteiger partial charge < -0.3 is 15.5 Å². The van der Waals surface area contributed by atoms with Crippen molar-refractivity contribution in [3.05, 3.63) is 30.2 Å². The Morgan fingerprint density at radius 1 is 1.29 bits per heavy atom. The average molecular weight is 329 g/mol. The standard InChI is InChI=1S/C16H23N7O/c1-13-14(5-6-15(19-13)22-9-2-3-10-22)20-16(24)17-7-4-11-23-12-8-18-21-23/h5-6,8,12H,2-4,7,9-11H2,1H3,(H2,17,20,24). The van der Waals surface area contributed by atoms with Gasteiger partial charge in [-0.05, 0) is 38.3 Å². The number of amides is 2. The quantitative estimate of drug-likeness (QED) is 0.789. The van der Waals surface area contributed by atoms with Crippen LogP contribution in [-0.4, -0.2) is 45.6 Å². The van der Waals surface area contributed by atoms with Gasteiger partial charge >= 0.3 is 6.03 Å². The maximum absolute atomic E-state index is 12.0. The number of rotatable bonds is 6. The van der Waals surface area contributed by atoms with E-state index in [0.29, 0.717) is 6.54 Å². The zero-order chi connectivity index (χ0) is 16.8. The highest BCUT2D eigenvalue weighted by atomic mass is 16.2. The highest BCUT2D eigenvalue weighted by molar-refractivity contribution is 5.89. The van der Waals surface area contributed by atoms with Crippen LogP contribution < -0.4 is 15.5 Å². The van der Waals surface area contributed by atoms with Gasteiger partial charge in [-0.25, -0.2) is 9.78 Å². The van der Waals surface area contributed by atoms with Crippen LogP contribution in [0.5, 0.6) is 0 Å². The summed E-state index contributed by atoms with van der Waals surface area (Å²) < 4.78 is 1.74. The molecule has 24 heavy (non-hydrogen) atoms. The van der Waals surface area contributed by atoms with Crippen molar-refractivity contribution in [1.82, 2.24) is 25.3 Å². The maximum Gasteiger partial charge on any atom is 0.319 e. The SMILES string of the molecule is Cc1nc(N2CCCC2)ccc1NC(=O)NCCCn1ccnn1. The second kappa shape index (κ2) is 7.76. The molecule has 128 valence electrons. The van der Waals surface area contributed by atoms with E-state index in [1.165, 1.54) is 12.8 Å². The fraction of sp³-hybridized carbons (Fsp3) is 0.500. The molecule has 0 aromatic carbocycles. The van der Waals surface area contributed by atoms with E-state index in [4.69, 9.17) is 0 Å². The van der Waals surface area contributed by atoms with E-state index < -0.39 is 0 Å². The summed E-state index contributed by atoms with van der Waals surface area (Å²) in [5.41, 5.74) is 1.57. The highest BCUT2D eigenvalue weighted by Gasteiger charge is 2.14. The topological polar surface area (TPSA) is 88.0 Å². The van der Waals surface area contributed by atoms with Gasteiger partial charge in [-0.3, -0.25) is 4.68 Å². The Morgan fingerprint density at radius 3 is 2.83 bits per heavy atom. The van der Waals surface area contributed by atoms with E-state index in [2.05, 4.69) is 30.8 Å². The lowest BCUT2D eigenvalue weighted by molar-refractivity contribution is 0.251. The Morgan fingerprint density at radius 2 is 2.12 bits per heavy atom. The molecule has 2 aromatic rings. The van der Waals surface area contributed by atoms with Crippen molar-refractivity contribution in [2.45, 2.75) is 32.7 Å². The van der Waals surface area contributed by atoms with E-state index >= 15 is 0 Å². The molecule has 0 aliphatic carbocycles. The minimum absolute atomic E-state index is 0.215. The highest BCUT2D eigenvalue weighted by Crippen LogP contribution is 2.21. The van der Waals surface area contributed by atoms with Gasteiger partial charge in [-0.2, -0.15) is 0 Å². The maximum atomic E-state index is 12.0. The third-order valence-corrected chi connectivity index (χ3v) is 4.07. The van der Waals surface area contributed by atoms with E-state index in [1.807, 2.05) is 19.1 Å². The molecule has 0 atom stereocenters. The van der Waals surface area contributed by atoms with Gasteiger partial charge in [0.2, 0.25) is 0 Å². The van der Waals surface area contributed by atoms with Crippen LogP contribution in [0.2, 0.25) is 0 Å². The first-order valence-corrected chi connectivity index (χ1v) is 8.34. The molecule has 0 spiro atoms. The Hall–Kier alpha value is -2.64. The Kier molecular flexibility index (Phi) is 5.25. The van der Waals surface area contributed by atoms with Crippen molar-refractivity contribution in [2.24, 2.45) is 0 Å². The molecule has 1 aliphatic rings. The van der Waals surface area contributed by atoms with E-state index in [1.54, 1.807) is 17.1 Å². The number of urea groups is 1. The van der Waals surface area contributed by atoms with Crippen LogP contribution in [0.3, 0.4) is 0 Å². The minimum Gasteiger partial charge on any atom is -0.357 e. The molecular weight excluding hydrogens is 306 g/mol. The number of hydrogen-bond acceptors (Lipinski definition) is 5. The van der Waals surface area contributed by atoms with E-state index in [0.717, 1.165) is 43.3 Å². The van der Waals surface area contributed by atoms with Crippen LogP contribution in [-0.2, 0) is 6.54 Å². The summed E-state index contributed by atoms with van der Waals surface area (Å²) in [7, 11) is 0. The van der Waals surface area contributed by atoms with Crippen molar-refractivity contribution in [3.8, 4) is 0 Å². The number of pyridine rings is 1. The first-order chi connectivity index (χ1) is 11.7. The van der Waals surface area contributed by atoms with Gasteiger partial charge in [0.1, 0.15) is 5.82 Å². The van der Waals surface area contributed by atoms with Crippen molar-refractivity contribution in [3.63, 3.8) is 0 Å². The Labute approximate surface area is 141 Å². The van der Waals surface area contributed by atoms with E-state index in [-0.39, 0.29) is 6.03 Å². The van der Waals surface area contributed by atoms with Gasteiger partial charge in [0, 0.05) is 32.4 Å². The lowest BCUT2D eigenvalue weighted by atomic mass is 10.3. The number of aryl methyl sites for hydroxylation is 2. The number of nitrogens with one attached hydrogen (secondary N) is 2. The molecule has 3 heterocycles. The van der Waals surface area contributed by atoms with Gasteiger partial charge in [-0.15, -0.1) is 5.10 Å². The number of anilines is 2. The number of nitrogens with zero attached hydrogens (tertiary/aromatic N) is 5. The first kappa shape index (κ1) is 16.2. The monoisotopic (exact) mass is 329 g/mol. The molecule has 2 N–H and O–H groups in total. The van der Waals surface area contributed by atoms with Crippen LogP contribution in [0.25, 0.3) is 0 Å². The molecule has 2 amide bonds. The summed E-state index contributed by atoms with van der Waals surface area (Å²) in [5, 5.41) is 13.3. The van der Waals surface area contributed by atoms with Gasteiger partial charge in [0.15, 0.2) is 0 Å².